The molecule has 2 aromatic rings. The summed E-state index contributed by atoms with van der Waals surface area (Å²) in [6.07, 6.45) is 2.31. The molecule has 2 unspecified atom stereocenters. The number of fused-ring (bicyclic) bond motifs is 1. The third-order valence-electron chi connectivity index (χ3n) is 4.07. The lowest BCUT2D eigenvalue weighted by Gasteiger charge is -2.20. The van der Waals surface area contributed by atoms with E-state index in [0.717, 1.165) is 10.9 Å². The van der Waals surface area contributed by atoms with Crippen molar-refractivity contribution < 1.29 is 0 Å². The molecule has 0 saturated carbocycles. The Bertz CT molecular complexity index is 562. The maximum atomic E-state index is 3.49. The van der Waals surface area contributed by atoms with Crippen molar-refractivity contribution in [3.05, 3.63) is 69.7 Å². The second-order valence-corrected chi connectivity index (χ2v) is 6.18. The van der Waals surface area contributed by atoms with Gasteiger partial charge in [0.05, 0.1) is 0 Å². The van der Waals surface area contributed by atoms with E-state index in [1.165, 1.54) is 23.1 Å². The van der Waals surface area contributed by atoms with Crippen molar-refractivity contribution in [2.24, 2.45) is 5.92 Å². The normalized spacial score (nSPS) is 21.4. The number of benzene rings is 2. The van der Waals surface area contributed by atoms with Gasteiger partial charge in [-0.1, -0.05) is 52.3 Å². The van der Waals surface area contributed by atoms with Gasteiger partial charge >= 0.3 is 0 Å². The van der Waals surface area contributed by atoms with Crippen LogP contribution in [0.1, 0.15) is 22.7 Å². The average Bonchev–Trinajstić information content (AvgIpc) is 2.78. The molecule has 0 heterocycles. The SMILES string of the molecule is CNC1c2ccccc2CC1Cc1ccc(Br)cc1. The molecule has 2 heteroatoms. The van der Waals surface area contributed by atoms with Crippen LogP contribution in [0.15, 0.2) is 53.0 Å². The van der Waals surface area contributed by atoms with Crippen LogP contribution in [-0.4, -0.2) is 7.05 Å². The lowest BCUT2D eigenvalue weighted by molar-refractivity contribution is 0.410. The predicted molar refractivity (Wildman–Crippen MR) is 83.3 cm³/mol. The van der Waals surface area contributed by atoms with Gasteiger partial charge in [0.2, 0.25) is 0 Å². The fraction of sp³-hybridized carbons (Fsp3) is 0.294. The summed E-state index contributed by atoms with van der Waals surface area (Å²) in [6.45, 7) is 0. The molecule has 1 aliphatic rings. The molecule has 98 valence electrons. The van der Waals surface area contributed by atoms with Crippen LogP contribution in [0.5, 0.6) is 0 Å². The second-order valence-electron chi connectivity index (χ2n) is 5.26. The highest BCUT2D eigenvalue weighted by Gasteiger charge is 2.30. The molecule has 2 aromatic carbocycles. The Balaban J connectivity index is 1.81. The second kappa shape index (κ2) is 5.48. The summed E-state index contributed by atoms with van der Waals surface area (Å²) in [5.41, 5.74) is 4.40. The number of nitrogens with one attached hydrogen (secondary N) is 1. The number of halogens is 1. The van der Waals surface area contributed by atoms with Crippen LogP contribution in [0, 0.1) is 5.92 Å². The van der Waals surface area contributed by atoms with Crippen LogP contribution < -0.4 is 5.32 Å². The lowest BCUT2D eigenvalue weighted by atomic mass is 9.93. The van der Waals surface area contributed by atoms with Crippen molar-refractivity contribution in [2.75, 3.05) is 7.05 Å². The van der Waals surface area contributed by atoms with Gasteiger partial charge < -0.3 is 5.32 Å². The highest BCUT2D eigenvalue weighted by Crippen LogP contribution is 2.37. The molecule has 1 nitrogen and oxygen atoms in total. The van der Waals surface area contributed by atoms with Gasteiger partial charge in [-0.05, 0) is 54.6 Å². The van der Waals surface area contributed by atoms with Crippen LogP contribution in [0.4, 0.5) is 0 Å². The van der Waals surface area contributed by atoms with Gasteiger partial charge in [-0.3, -0.25) is 0 Å². The molecule has 0 amide bonds. The standard InChI is InChI=1S/C17H18BrN/c1-19-17-14(10-12-6-8-15(18)9-7-12)11-13-4-2-3-5-16(13)17/h2-9,14,17,19H,10-11H2,1H3. The first-order valence-electron chi connectivity index (χ1n) is 6.77. The molecule has 0 aliphatic heterocycles. The van der Waals surface area contributed by atoms with E-state index < -0.39 is 0 Å². The lowest BCUT2D eigenvalue weighted by Crippen LogP contribution is -2.23. The third kappa shape index (κ3) is 2.60. The van der Waals surface area contributed by atoms with E-state index in [1.807, 2.05) is 0 Å². The van der Waals surface area contributed by atoms with Crippen molar-refractivity contribution in [1.29, 1.82) is 0 Å². The summed E-state index contributed by atoms with van der Waals surface area (Å²) in [5, 5.41) is 3.49. The summed E-state index contributed by atoms with van der Waals surface area (Å²) in [5.74, 6) is 0.656. The molecule has 1 aliphatic carbocycles. The first-order chi connectivity index (χ1) is 9.28. The Morgan fingerprint density at radius 3 is 2.58 bits per heavy atom. The van der Waals surface area contributed by atoms with Gasteiger partial charge in [-0.25, -0.2) is 0 Å². The van der Waals surface area contributed by atoms with Gasteiger partial charge in [0.25, 0.3) is 0 Å². The Morgan fingerprint density at radius 2 is 1.84 bits per heavy atom. The average molecular weight is 316 g/mol. The number of rotatable bonds is 3. The highest BCUT2D eigenvalue weighted by atomic mass is 79.9. The molecular weight excluding hydrogens is 298 g/mol. The van der Waals surface area contributed by atoms with E-state index in [-0.39, 0.29) is 0 Å². The molecule has 0 spiro atoms. The van der Waals surface area contributed by atoms with Crippen molar-refractivity contribution in [1.82, 2.24) is 5.32 Å². The van der Waals surface area contributed by atoms with Crippen molar-refractivity contribution in [2.45, 2.75) is 18.9 Å². The predicted octanol–water partition coefficient (Wildman–Crippen LogP) is 4.12. The Hall–Kier alpha value is -1.12. The third-order valence-corrected chi connectivity index (χ3v) is 4.59. The van der Waals surface area contributed by atoms with Crippen LogP contribution in [0.2, 0.25) is 0 Å². The number of hydrogen-bond acceptors (Lipinski definition) is 1. The molecule has 0 bridgehead atoms. The van der Waals surface area contributed by atoms with Crippen molar-refractivity contribution in [3.8, 4) is 0 Å². The minimum Gasteiger partial charge on any atom is -0.313 e. The summed E-state index contributed by atoms with van der Waals surface area (Å²) < 4.78 is 1.15. The van der Waals surface area contributed by atoms with Gasteiger partial charge in [-0.2, -0.15) is 0 Å². The van der Waals surface area contributed by atoms with E-state index in [4.69, 9.17) is 0 Å². The van der Waals surface area contributed by atoms with Crippen molar-refractivity contribution in [3.63, 3.8) is 0 Å². The molecule has 1 N–H and O–H groups in total. The first-order valence-corrected chi connectivity index (χ1v) is 7.56. The van der Waals surface area contributed by atoms with E-state index in [0.29, 0.717) is 12.0 Å². The van der Waals surface area contributed by atoms with Gasteiger partial charge in [0, 0.05) is 10.5 Å². The largest absolute Gasteiger partial charge is 0.313 e. The Morgan fingerprint density at radius 1 is 1.11 bits per heavy atom. The quantitative estimate of drug-likeness (QED) is 0.898. The summed E-state index contributed by atoms with van der Waals surface area (Å²) >= 11 is 3.49. The Kier molecular flexibility index (Phi) is 3.72. The topological polar surface area (TPSA) is 12.0 Å². The molecule has 19 heavy (non-hydrogen) atoms. The Labute approximate surface area is 123 Å². The van der Waals surface area contributed by atoms with Crippen molar-refractivity contribution >= 4 is 15.9 Å². The maximum Gasteiger partial charge on any atom is 0.0355 e. The van der Waals surface area contributed by atoms with Crippen LogP contribution in [0.3, 0.4) is 0 Å². The van der Waals surface area contributed by atoms with E-state index in [2.05, 4.69) is 76.8 Å². The fourth-order valence-corrected chi connectivity index (χ4v) is 3.45. The zero-order chi connectivity index (χ0) is 13.2. The van der Waals surface area contributed by atoms with Crippen LogP contribution in [-0.2, 0) is 12.8 Å². The zero-order valence-electron chi connectivity index (χ0n) is 11.1. The summed E-state index contributed by atoms with van der Waals surface area (Å²) in [7, 11) is 2.07. The van der Waals surface area contributed by atoms with E-state index in [1.54, 1.807) is 0 Å². The van der Waals surface area contributed by atoms with E-state index in [9.17, 15) is 0 Å². The number of hydrogen-bond donors (Lipinski definition) is 1. The smallest absolute Gasteiger partial charge is 0.0355 e. The van der Waals surface area contributed by atoms with Crippen LogP contribution >= 0.6 is 15.9 Å². The highest BCUT2D eigenvalue weighted by molar-refractivity contribution is 9.10. The molecule has 0 aromatic heterocycles. The molecule has 0 fully saturated rings. The monoisotopic (exact) mass is 315 g/mol. The first kappa shape index (κ1) is 12.9. The van der Waals surface area contributed by atoms with Gasteiger partial charge in [-0.15, -0.1) is 0 Å². The van der Waals surface area contributed by atoms with Crippen LogP contribution in [0.25, 0.3) is 0 Å². The summed E-state index contributed by atoms with van der Waals surface area (Å²) in [6, 6.07) is 18.0. The molecule has 3 rings (SSSR count). The molecule has 0 radical (unpaired) electrons. The summed E-state index contributed by atoms with van der Waals surface area (Å²) in [4.78, 5) is 0. The van der Waals surface area contributed by atoms with Gasteiger partial charge in [0.1, 0.15) is 0 Å². The molecule has 0 saturated heterocycles. The van der Waals surface area contributed by atoms with E-state index >= 15 is 0 Å². The zero-order valence-corrected chi connectivity index (χ0v) is 12.7. The fourth-order valence-electron chi connectivity index (χ4n) is 3.18. The minimum absolute atomic E-state index is 0.486. The van der Waals surface area contributed by atoms with Gasteiger partial charge in [0.15, 0.2) is 0 Å². The maximum absolute atomic E-state index is 3.49. The minimum atomic E-state index is 0.486. The molecule has 2 atom stereocenters. The molecular formula is C17H18BrN.